The molecule has 0 bridgehead atoms. The number of halogens is 5. The third-order valence-electron chi connectivity index (χ3n) is 4.22. The Kier molecular flexibility index (Phi) is 7.05. The fourth-order valence-electron chi connectivity index (χ4n) is 2.72. The summed E-state index contributed by atoms with van der Waals surface area (Å²) in [4.78, 5) is 12.8. The highest BCUT2D eigenvalue weighted by molar-refractivity contribution is 9.10. The molecule has 3 rings (SSSR count). The molecule has 0 fully saturated rings. The van der Waals surface area contributed by atoms with E-state index in [4.69, 9.17) is 16.3 Å². The summed E-state index contributed by atoms with van der Waals surface area (Å²) < 4.78 is 45.3. The molecule has 3 aromatic carbocycles. The second-order valence-corrected chi connectivity index (χ2v) is 7.69. The Bertz CT molecular complexity index is 1040. The number of amides is 1. The zero-order valence-electron chi connectivity index (χ0n) is 15.5. The number of ether oxygens (including phenoxy) is 1. The minimum Gasteiger partial charge on any atom is -0.492 e. The van der Waals surface area contributed by atoms with E-state index in [0.717, 1.165) is 23.8 Å². The normalized spacial score (nSPS) is 11.2. The van der Waals surface area contributed by atoms with Crippen molar-refractivity contribution in [2.75, 3.05) is 11.9 Å². The Hall–Kier alpha value is -2.51. The van der Waals surface area contributed by atoms with Crippen molar-refractivity contribution in [1.82, 2.24) is 0 Å². The molecule has 0 spiro atoms. The molecule has 0 radical (unpaired) electrons. The average Bonchev–Trinajstić information content (AvgIpc) is 2.70. The van der Waals surface area contributed by atoms with Crippen molar-refractivity contribution in [3.05, 3.63) is 92.9 Å². The van der Waals surface area contributed by atoms with Gasteiger partial charge >= 0.3 is 6.18 Å². The van der Waals surface area contributed by atoms with Gasteiger partial charge in [0.15, 0.2) is 0 Å². The molecule has 1 N–H and O–H groups in total. The van der Waals surface area contributed by atoms with Crippen LogP contribution >= 0.6 is 27.5 Å². The Morgan fingerprint density at radius 1 is 1.03 bits per heavy atom. The first-order chi connectivity index (χ1) is 14.2. The number of hydrogen-bond acceptors (Lipinski definition) is 2. The maximum Gasteiger partial charge on any atom is 0.416 e. The minimum atomic E-state index is -4.55. The molecule has 0 aliphatic rings. The highest BCUT2D eigenvalue weighted by Crippen LogP contribution is 2.34. The van der Waals surface area contributed by atoms with Crippen molar-refractivity contribution in [2.45, 2.75) is 12.6 Å². The van der Waals surface area contributed by atoms with Crippen LogP contribution in [0.5, 0.6) is 5.75 Å². The lowest BCUT2D eigenvalue weighted by Gasteiger charge is -2.14. The van der Waals surface area contributed by atoms with Gasteiger partial charge in [0.2, 0.25) is 0 Å². The first-order valence-electron chi connectivity index (χ1n) is 8.88. The van der Waals surface area contributed by atoms with Crippen LogP contribution in [-0.2, 0) is 12.6 Å². The van der Waals surface area contributed by atoms with Crippen LogP contribution in [0.2, 0.25) is 5.02 Å². The predicted octanol–water partition coefficient (Wildman–Crippen LogP) is 7.00. The van der Waals surface area contributed by atoms with Gasteiger partial charge in [-0.3, -0.25) is 4.79 Å². The van der Waals surface area contributed by atoms with Gasteiger partial charge in [0.05, 0.1) is 28.4 Å². The molecule has 0 atom stereocenters. The van der Waals surface area contributed by atoms with Crippen molar-refractivity contribution < 1.29 is 22.7 Å². The summed E-state index contributed by atoms with van der Waals surface area (Å²) in [5, 5.41) is 2.44. The maximum atomic E-state index is 13.0. The molecule has 0 heterocycles. The molecule has 0 unspecified atom stereocenters. The molecule has 0 aromatic heterocycles. The van der Waals surface area contributed by atoms with Gasteiger partial charge in [-0.25, -0.2) is 0 Å². The van der Waals surface area contributed by atoms with Crippen molar-refractivity contribution in [1.29, 1.82) is 0 Å². The monoisotopic (exact) mass is 497 g/mol. The van der Waals surface area contributed by atoms with Crippen molar-refractivity contribution in [3.63, 3.8) is 0 Å². The van der Waals surface area contributed by atoms with Crippen LogP contribution in [0.4, 0.5) is 18.9 Å². The minimum absolute atomic E-state index is 0.00195. The van der Waals surface area contributed by atoms with Crippen molar-refractivity contribution in [3.8, 4) is 5.75 Å². The van der Waals surface area contributed by atoms with Gasteiger partial charge < -0.3 is 10.1 Å². The Morgan fingerprint density at radius 2 is 1.77 bits per heavy atom. The van der Waals surface area contributed by atoms with E-state index in [9.17, 15) is 18.0 Å². The van der Waals surface area contributed by atoms with Crippen LogP contribution in [0.3, 0.4) is 0 Å². The van der Waals surface area contributed by atoms with Crippen molar-refractivity contribution in [2.24, 2.45) is 0 Å². The molecule has 0 saturated heterocycles. The van der Waals surface area contributed by atoms with E-state index in [1.807, 2.05) is 30.3 Å². The highest BCUT2D eigenvalue weighted by Gasteiger charge is 2.31. The largest absolute Gasteiger partial charge is 0.492 e. The number of carbonyl (C=O) groups excluding carboxylic acids is 1. The molecule has 156 valence electrons. The smallest absolute Gasteiger partial charge is 0.416 e. The second-order valence-electron chi connectivity index (χ2n) is 6.37. The summed E-state index contributed by atoms with van der Waals surface area (Å²) in [7, 11) is 0. The number of hydrogen-bond donors (Lipinski definition) is 1. The van der Waals surface area contributed by atoms with Gasteiger partial charge in [-0.1, -0.05) is 57.9 Å². The van der Waals surface area contributed by atoms with E-state index in [1.54, 1.807) is 12.1 Å². The molecule has 30 heavy (non-hydrogen) atoms. The molecular formula is C22H16BrClF3NO2. The van der Waals surface area contributed by atoms with Crippen LogP contribution in [0, 0.1) is 0 Å². The summed E-state index contributed by atoms with van der Waals surface area (Å²) in [6.07, 6.45) is -3.91. The van der Waals surface area contributed by atoms with Gasteiger partial charge in [0.1, 0.15) is 5.75 Å². The predicted molar refractivity (Wildman–Crippen MR) is 114 cm³/mol. The van der Waals surface area contributed by atoms with Crippen LogP contribution in [0.15, 0.2) is 71.2 Å². The fourth-order valence-corrected chi connectivity index (χ4v) is 3.24. The Labute approximate surface area is 184 Å². The summed E-state index contributed by atoms with van der Waals surface area (Å²) >= 11 is 9.27. The van der Waals surface area contributed by atoms with Gasteiger partial charge in [0.25, 0.3) is 5.91 Å². The van der Waals surface area contributed by atoms with Crippen molar-refractivity contribution >= 4 is 39.1 Å². The first kappa shape index (κ1) is 22.2. The zero-order valence-corrected chi connectivity index (χ0v) is 17.8. The number of benzene rings is 3. The lowest BCUT2D eigenvalue weighted by molar-refractivity contribution is -0.137. The molecule has 1 amide bonds. The number of carbonyl (C=O) groups is 1. The van der Waals surface area contributed by atoms with Gasteiger partial charge in [-0.2, -0.15) is 13.2 Å². The summed E-state index contributed by atoms with van der Waals surface area (Å²) in [6, 6.07) is 17.3. The zero-order chi connectivity index (χ0) is 21.7. The number of anilines is 1. The van der Waals surface area contributed by atoms with Gasteiger partial charge in [-0.15, -0.1) is 0 Å². The molecule has 0 aliphatic carbocycles. The molecule has 3 aromatic rings. The van der Waals surface area contributed by atoms with E-state index in [-0.39, 0.29) is 16.3 Å². The van der Waals surface area contributed by atoms with Crippen LogP contribution < -0.4 is 10.1 Å². The number of rotatable bonds is 6. The topological polar surface area (TPSA) is 38.3 Å². The lowest BCUT2D eigenvalue weighted by atomic mass is 10.1. The summed E-state index contributed by atoms with van der Waals surface area (Å²) in [5.41, 5.74) is 0.213. The quantitative estimate of drug-likeness (QED) is 0.398. The van der Waals surface area contributed by atoms with Gasteiger partial charge in [-0.05, 0) is 42.0 Å². The Morgan fingerprint density at radius 3 is 2.47 bits per heavy atom. The third-order valence-corrected chi connectivity index (χ3v) is 5.04. The SMILES string of the molecule is O=C(Nc1cc(C(F)(F)F)ccc1Cl)c1cc(Br)ccc1OCCc1ccccc1. The summed E-state index contributed by atoms with van der Waals surface area (Å²) in [5.74, 6) is -0.318. The lowest BCUT2D eigenvalue weighted by Crippen LogP contribution is -2.15. The van der Waals surface area contributed by atoms with E-state index in [0.29, 0.717) is 23.2 Å². The van der Waals surface area contributed by atoms with Crippen LogP contribution in [-0.4, -0.2) is 12.5 Å². The van der Waals surface area contributed by atoms with E-state index in [2.05, 4.69) is 21.2 Å². The second kappa shape index (κ2) is 9.53. The number of nitrogens with one attached hydrogen (secondary N) is 1. The maximum absolute atomic E-state index is 13.0. The summed E-state index contributed by atoms with van der Waals surface area (Å²) in [6.45, 7) is 0.330. The molecule has 0 saturated carbocycles. The average molecular weight is 499 g/mol. The van der Waals surface area contributed by atoms with Crippen LogP contribution in [0.25, 0.3) is 0 Å². The van der Waals surface area contributed by atoms with Crippen LogP contribution in [0.1, 0.15) is 21.5 Å². The fraction of sp³-hybridized carbons (Fsp3) is 0.136. The van der Waals surface area contributed by atoms with E-state index >= 15 is 0 Å². The molecular weight excluding hydrogens is 483 g/mol. The van der Waals surface area contributed by atoms with E-state index in [1.165, 1.54) is 6.07 Å². The highest BCUT2D eigenvalue weighted by atomic mass is 79.9. The molecule has 8 heteroatoms. The number of alkyl halides is 3. The van der Waals surface area contributed by atoms with E-state index < -0.39 is 17.6 Å². The Balaban J connectivity index is 1.78. The third kappa shape index (κ3) is 5.77. The molecule has 0 aliphatic heterocycles. The standard InChI is InChI=1S/C22H16BrClF3NO2/c23-16-7-9-20(30-11-10-14-4-2-1-3-5-14)17(13-16)21(29)28-19-12-15(22(25,26)27)6-8-18(19)24/h1-9,12-13H,10-11H2,(H,28,29). The first-order valence-corrected chi connectivity index (χ1v) is 10.1. The molecule has 3 nitrogen and oxygen atoms in total. The van der Waals surface area contributed by atoms with Gasteiger partial charge in [0, 0.05) is 10.9 Å².